The lowest BCUT2D eigenvalue weighted by Gasteiger charge is -2.31. The van der Waals surface area contributed by atoms with Crippen LogP contribution in [-0.4, -0.2) is 12.6 Å². The van der Waals surface area contributed by atoms with Crippen LogP contribution in [0.1, 0.15) is 39.7 Å². The highest BCUT2D eigenvalue weighted by Crippen LogP contribution is 2.23. The Morgan fingerprint density at radius 3 is 2.24 bits per heavy atom. The SMILES string of the molecule is CCNC(CCc1ccc(Cl)cc1)C(C)(C)C. The van der Waals surface area contributed by atoms with Crippen LogP contribution in [0.3, 0.4) is 0 Å². The maximum atomic E-state index is 5.88. The summed E-state index contributed by atoms with van der Waals surface area (Å²) < 4.78 is 0. The van der Waals surface area contributed by atoms with Crippen LogP contribution in [0.25, 0.3) is 0 Å². The van der Waals surface area contributed by atoms with Crippen LogP contribution in [0.4, 0.5) is 0 Å². The lowest BCUT2D eigenvalue weighted by atomic mass is 9.83. The summed E-state index contributed by atoms with van der Waals surface area (Å²) in [5.74, 6) is 0. The van der Waals surface area contributed by atoms with Crippen LogP contribution in [0.5, 0.6) is 0 Å². The minimum absolute atomic E-state index is 0.308. The predicted molar refractivity (Wildman–Crippen MR) is 76.7 cm³/mol. The Bertz CT molecular complexity index is 324. The van der Waals surface area contributed by atoms with Gasteiger partial charge in [-0.1, -0.05) is 51.4 Å². The normalized spacial score (nSPS) is 13.7. The van der Waals surface area contributed by atoms with Crippen molar-refractivity contribution in [3.8, 4) is 0 Å². The number of rotatable bonds is 5. The van der Waals surface area contributed by atoms with Crippen molar-refractivity contribution >= 4 is 11.6 Å². The van der Waals surface area contributed by atoms with E-state index in [1.165, 1.54) is 12.0 Å². The van der Waals surface area contributed by atoms with Gasteiger partial charge in [-0.15, -0.1) is 0 Å². The molecule has 1 N–H and O–H groups in total. The molecule has 1 unspecified atom stereocenters. The van der Waals surface area contributed by atoms with Gasteiger partial charge in [0.1, 0.15) is 0 Å². The third-order valence-electron chi connectivity index (χ3n) is 3.13. The molecule has 96 valence electrons. The summed E-state index contributed by atoms with van der Waals surface area (Å²) in [5, 5.41) is 4.39. The zero-order chi connectivity index (χ0) is 12.9. The van der Waals surface area contributed by atoms with Crippen molar-refractivity contribution in [1.82, 2.24) is 5.32 Å². The van der Waals surface area contributed by atoms with Gasteiger partial charge in [-0.25, -0.2) is 0 Å². The van der Waals surface area contributed by atoms with E-state index in [9.17, 15) is 0 Å². The summed E-state index contributed by atoms with van der Waals surface area (Å²) in [5.41, 5.74) is 1.67. The Balaban J connectivity index is 2.54. The third kappa shape index (κ3) is 5.10. The number of halogens is 1. The predicted octanol–water partition coefficient (Wildman–Crippen LogP) is 4.30. The Labute approximate surface area is 111 Å². The molecule has 2 heteroatoms. The Morgan fingerprint density at radius 2 is 1.76 bits per heavy atom. The highest BCUT2D eigenvalue weighted by molar-refractivity contribution is 6.30. The van der Waals surface area contributed by atoms with E-state index in [1.807, 2.05) is 12.1 Å². The second-order valence-electron chi connectivity index (χ2n) is 5.64. The number of benzene rings is 1. The molecular weight excluding hydrogens is 230 g/mol. The molecule has 17 heavy (non-hydrogen) atoms. The lowest BCUT2D eigenvalue weighted by Crippen LogP contribution is -2.40. The molecule has 1 aromatic rings. The fraction of sp³-hybridized carbons (Fsp3) is 0.600. The van der Waals surface area contributed by atoms with E-state index >= 15 is 0 Å². The first kappa shape index (κ1) is 14.5. The van der Waals surface area contributed by atoms with Crippen molar-refractivity contribution in [1.29, 1.82) is 0 Å². The van der Waals surface area contributed by atoms with E-state index in [4.69, 9.17) is 11.6 Å². The molecule has 1 aromatic carbocycles. The number of hydrogen-bond acceptors (Lipinski definition) is 1. The fourth-order valence-electron chi connectivity index (χ4n) is 2.05. The minimum Gasteiger partial charge on any atom is -0.314 e. The average molecular weight is 254 g/mol. The summed E-state index contributed by atoms with van der Waals surface area (Å²) in [7, 11) is 0. The maximum Gasteiger partial charge on any atom is 0.0406 e. The van der Waals surface area contributed by atoms with Crippen LogP contribution in [-0.2, 0) is 6.42 Å². The topological polar surface area (TPSA) is 12.0 Å². The molecule has 0 fully saturated rings. The average Bonchev–Trinajstić information content (AvgIpc) is 2.25. The minimum atomic E-state index is 0.308. The molecular formula is C15H24ClN. The smallest absolute Gasteiger partial charge is 0.0406 e. The Kier molecular flexibility index (Phi) is 5.48. The Hall–Kier alpha value is -0.530. The molecule has 1 atom stereocenters. The third-order valence-corrected chi connectivity index (χ3v) is 3.38. The van der Waals surface area contributed by atoms with Crippen LogP contribution in [0.2, 0.25) is 5.02 Å². The highest BCUT2D eigenvalue weighted by atomic mass is 35.5. The van der Waals surface area contributed by atoms with Crippen molar-refractivity contribution in [2.45, 2.75) is 46.6 Å². The molecule has 0 radical (unpaired) electrons. The summed E-state index contributed by atoms with van der Waals surface area (Å²) in [6, 6.07) is 8.73. The van der Waals surface area contributed by atoms with E-state index in [2.05, 4.69) is 45.1 Å². The van der Waals surface area contributed by atoms with Gasteiger partial charge in [-0.2, -0.15) is 0 Å². The second-order valence-corrected chi connectivity index (χ2v) is 6.08. The molecule has 0 aliphatic heterocycles. The summed E-state index contributed by atoms with van der Waals surface area (Å²) >= 11 is 5.88. The summed E-state index contributed by atoms with van der Waals surface area (Å²) in [6.45, 7) is 10.1. The van der Waals surface area contributed by atoms with Crippen LogP contribution in [0, 0.1) is 5.41 Å². The summed E-state index contributed by atoms with van der Waals surface area (Å²) in [6.07, 6.45) is 2.27. The molecule has 0 aliphatic carbocycles. The quantitative estimate of drug-likeness (QED) is 0.825. The van der Waals surface area contributed by atoms with Gasteiger partial charge in [0.25, 0.3) is 0 Å². The van der Waals surface area contributed by atoms with Gasteiger partial charge in [-0.3, -0.25) is 0 Å². The Morgan fingerprint density at radius 1 is 1.18 bits per heavy atom. The van der Waals surface area contributed by atoms with E-state index < -0.39 is 0 Å². The molecule has 0 bridgehead atoms. The molecule has 0 aliphatic rings. The van der Waals surface area contributed by atoms with Gasteiger partial charge < -0.3 is 5.32 Å². The van der Waals surface area contributed by atoms with Gasteiger partial charge in [0.05, 0.1) is 0 Å². The van der Waals surface area contributed by atoms with Gasteiger partial charge in [0.15, 0.2) is 0 Å². The maximum absolute atomic E-state index is 5.88. The van der Waals surface area contributed by atoms with Crippen molar-refractivity contribution in [3.05, 3.63) is 34.9 Å². The van der Waals surface area contributed by atoms with Gasteiger partial charge >= 0.3 is 0 Å². The fourth-order valence-corrected chi connectivity index (χ4v) is 2.18. The van der Waals surface area contributed by atoms with Crippen molar-refractivity contribution < 1.29 is 0 Å². The molecule has 0 aromatic heterocycles. The molecule has 1 rings (SSSR count). The standard InChI is InChI=1S/C15H24ClN/c1-5-17-14(15(2,3)4)11-8-12-6-9-13(16)10-7-12/h6-7,9-10,14,17H,5,8,11H2,1-4H3. The molecule has 0 amide bonds. The summed E-state index contributed by atoms with van der Waals surface area (Å²) in [4.78, 5) is 0. The van der Waals surface area contributed by atoms with Gasteiger partial charge in [0.2, 0.25) is 0 Å². The van der Waals surface area contributed by atoms with Crippen molar-refractivity contribution in [2.24, 2.45) is 5.41 Å². The molecule has 0 saturated heterocycles. The monoisotopic (exact) mass is 253 g/mol. The van der Waals surface area contributed by atoms with Crippen LogP contribution >= 0.6 is 11.6 Å². The number of hydrogen-bond donors (Lipinski definition) is 1. The second kappa shape index (κ2) is 6.42. The first-order valence-corrected chi connectivity index (χ1v) is 6.79. The van der Waals surface area contributed by atoms with E-state index in [0.29, 0.717) is 11.5 Å². The number of aryl methyl sites for hydroxylation is 1. The van der Waals surface area contributed by atoms with E-state index in [-0.39, 0.29) is 0 Å². The zero-order valence-corrected chi connectivity index (χ0v) is 12.1. The van der Waals surface area contributed by atoms with Crippen LogP contribution in [0.15, 0.2) is 24.3 Å². The largest absolute Gasteiger partial charge is 0.314 e. The molecule has 0 saturated carbocycles. The van der Waals surface area contributed by atoms with Gasteiger partial charge in [-0.05, 0) is 42.5 Å². The highest BCUT2D eigenvalue weighted by Gasteiger charge is 2.22. The van der Waals surface area contributed by atoms with E-state index in [0.717, 1.165) is 18.0 Å². The lowest BCUT2D eigenvalue weighted by molar-refractivity contribution is 0.258. The molecule has 0 spiro atoms. The first-order valence-electron chi connectivity index (χ1n) is 6.41. The van der Waals surface area contributed by atoms with Crippen molar-refractivity contribution in [3.63, 3.8) is 0 Å². The molecule has 1 nitrogen and oxygen atoms in total. The first-order chi connectivity index (χ1) is 7.93. The zero-order valence-electron chi connectivity index (χ0n) is 11.4. The van der Waals surface area contributed by atoms with Gasteiger partial charge in [0, 0.05) is 11.1 Å². The number of nitrogens with one attached hydrogen (secondary N) is 1. The van der Waals surface area contributed by atoms with Crippen molar-refractivity contribution in [2.75, 3.05) is 6.54 Å². The van der Waals surface area contributed by atoms with Crippen LogP contribution < -0.4 is 5.32 Å². The van der Waals surface area contributed by atoms with E-state index in [1.54, 1.807) is 0 Å². The molecule has 0 heterocycles.